The summed E-state index contributed by atoms with van der Waals surface area (Å²) in [4.78, 5) is 12.2. The van der Waals surface area contributed by atoms with E-state index in [-0.39, 0.29) is 5.97 Å². The number of hydrogen-bond acceptors (Lipinski definition) is 3. The van der Waals surface area contributed by atoms with Crippen LogP contribution < -0.4 is 0 Å². The maximum absolute atomic E-state index is 12.2. The fourth-order valence-electron chi connectivity index (χ4n) is 2.89. The minimum absolute atomic E-state index is 0.203. The fourth-order valence-corrected chi connectivity index (χ4v) is 2.89. The Morgan fingerprint density at radius 2 is 2.16 bits per heavy atom. The summed E-state index contributed by atoms with van der Waals surface area (Å²) in [5.41, 5.74) is 3.06. The van der Waals surface area contributed by atoms with E-state index in [1.165, 1.54) is 12.0 Å². The van der Waals surface area contributed by atoms with Crippen molar-refractivity contribution in [3.8, 4) is 0 Å². The summed E-state index contributed by atoms with van der Waals surface area (Å²) >= 11 is 0. The summed E-state index contributed by atoms with van der Waals surface area (Å²) in [5.74, 6) is 0.249. The van der Waals surface area contributed by atoms with Crippen molar-refractivity contribution < 1.29 is 14.3 Å². The first-order chi connectivity index (χ1) is 9.34. The highest BCUT2D eigenvalue weighted by Gasteiger charge is 2.31. The minimum atomic E-state index is -0.203. The molecule has 0 amide bonds. The number of fused-ring (bicyclic) bond motifs is 1. The Labute approximate surface area is 113 Å². The van der Waals surface area contributed by atoms with Gasteiger partial charge in [-0.1, -0.05) is 35.9 Å². The number of ether oxygens (including phenoxy) is 2. The predicted octanol–water partition coefficient (Wildman–Crippen LogP) is 2.86. The lowest BCUT2D eigenvalue weighted by molar-refractivity contribution is -0.141. The summed E-state index contributed by atoms with van der Waals surface area (Å²) in [6.07, 6.45) is 3.34. The van der Waals surface area contributed by atoms with Crippen LogP contribution in [0.4, 0.5) is 0 Å². The van der Waals surface area contributed by atoms with Crippen LogP contribution in [0.1, 0.15) is 24.8 Å². The van der Waals surface area contributed by atoms with Crippen molar-refractivity contribution in [3.63, 3.8) is 0 Å². The van der Waals surface area contributed by atoms with Gasteiger partial charge in [0.15, 0.2) is 0 Å². The second-order valence-electron chi connectivity index (χ2n) is 5.17. The van der Waals surface area contributed by atoms with Crippen molar-refractivity contribution in [3.05, 3.63) is 47.0 Å². The van der Waals surface area contributed by atoms with Crippen molar-refractivity contribution in [1.29, 1.82) is 0 Å². The van der Waals surface area contributed by atoms with Crippen LogP contribution in [0.15, 0.2) is 41.5 Å². The van der Waals surface area contributed by atoms with Gasteiger partial charge >= 0.3 is 5.97 Å². The molecule has 0 N–H and O–H groups in total. The van der Waals surface area contributed by atoms with Crippen LogP contribution in [0.3, 0.4) is 0 Å². The van der Waals surface area contributed by atoms with Gasteiger partial charge < -0.3 is 9.47 Å². The van der Waals surface area contributed by atoms with Crippen molar-refractivity contribution in [2.45, 2.75) is 25.9 Å². The van der Waals surface area contributed by atoms with E-state index in [4.69, 9.17) is 9.47 Å². The Morgan fingerprint density at radius 3 is 3.00 bits per heavy atom. The summed E-state index contributed by atoms with van der Waals surface area (Å²) in [5, 5.41) is 0. The number of benzene rings is 1. The zero-order valence-electron chi connectivity index (χ0n) is 10.9. The Bertz CT molecular complexity index is 490. The van der Waals surface area contributed by atoms with Gasteiger partial charge in [0.1, 0.15) is 6.61 Å². The molecule has 1 aliphatic carbocycles. The maximum atomic E-state index is 12.2. The molecule has 1 heterocycles. The summed E-state index contributed by atoms with van der Waals surface area (Å²) in [6.45, 7) is 1.52. The van der Waals surface area contributed by atoms with Gasteiger partial charge in [-0.25, -0.2) is 4.79 Å². The first-order valence-corrected chi connectivity index (χ1v) is 6.85. The Hall–Kier alpha value is -1.61. The van der Waals surface area contributed by atoms with Crippen LogP contribution in [-0.2, 0) is 20.9 Å². The van der Waals surface area contributed by atoms with E-state index < -0.39 is 0 Å². The zero-order chi connectivity index (χ0) is 13.1. The van der Waals surface area contributed by atoms with Crippen molar-refractivity contribution in [2.75, 3.05) is 13.2 Å². The molecule has 3 nitrogen and oxygen atoms in total. The van der Waals surface area contributed by atoms with Crippen molar-refractivity contribution in [2.24, 2.45) is 5.92 Å². The largest absolute Gasteiger partial charge is 0.457 e. The Kier molecular flexibility index (Phi) is 3.65. The molecule has 3 rings (SSSR count). The lowest BCUT2D eigenvalue weighted by Crippen LogP contribution is -2.24. The van der Waals surface area contributed by atoms with E-state index in [9.17, 15) is 4.79 Å². The van der Waals surface area contributed by atoms with Crippen molar-refractivity contribution >= 4 is 5.97 Å². The van der Waals surface area contributed by atoms with E-state index >= 15 is 0 Å². The van der Waals surface area contributed by atoms with Crippen LogP contribution >= 0.6 is 0 Å². The molecule has 2 aliphatic rings. The molecule has 1 atom stereocenters. The van der Waals surface area contributed by atoms with E-state index in [1.54, 1.807) is 0 Å². The fraction of sp³-hybridized carbons (Fsp3) is 0.438. The van der Waals surface area contributed by atoms with E-state index in [1.807, 2.05) is 30.3 Å². The number of esters is 1. The topological polar surface area (TPSA) is 35.5 Å². The smallest absolute Gasteiger partial charge is 0.336 e. The molecule has 19 heavy (non-hydrogen) atoms. The van der Waals surface area contributed by atoms with Crippen molar-refractivity contribution in [1.82, 2.24) is 0 Å². The number of carbonyl (C=O) groups excluding carboxylic acids is 1. The van der Waals surface area contributed by atoms with Crippen LogP contribution in [-0.4, -0.2) is 19.2 Å². The molecular weight excluding hydrogens is 240 g/mol. The maximum Gasteiger partial charge on any atom is 0.336 e. The lowest BCUT2D eigenvalue weighted by atomic mass is 9.96. The zero-order valence-corrected chi connectivity index (χ0v) is 10.9. The van der Waals surface area contributed by atoms with Gasteiger partial charge in [-0.3, -0.25) is 0 Å². The van der Waals surface area contributed by atoms with Gasteiger partial charge in [-0.05, 0) is 24.8 Å². The molecule has 0 saturated heterocycles. The quantitative estimate of drug-likeness (QED) is 0.782. The van der Waals surface area contributed by atoms with E-state index in [2.05, 4.69) is 0 Å². The summed E-state index contributed by atoms with van der Waals surface area (Å²) in [7, 11) is 0. The standard InChI is InChI=1S/C16H18O3/c17-16(19-9-12-5-2-1-3-6-12)15-11-18-10-13-7-4-8-14(13)15/h1-3,5-6,13H,4,7-11H2. The summed E-state index contributed by atoms with van der Waals surface area (Å²) in [6, 6.07) is 9.76. The minimum Gasteiger partial charge on any atom is -0.457 e. The Morgan fingerprint density at radius 1 is 1.32 bits per heavy atom. The molecule has 1 saturated carbocycles. The second kappa shape index (κ2) is 5.57. The molecule has 0 bridgehead atoms. The van der Waals surface area contributed by atoms with E-state index in [0.717, 1.165) is 30.6 Å². The van der Waals surface area contributed by atoms with Crippen LogP contribution in [0.2, 0.25) is 0 Å². The molecule has 1 aromatic rings. The second-order valence-corrected chi connectivity index (χ2v) is 5.17. The monoisotopic (exact) mass is 258 g/mol. The van der Waals surface area contributed by atoms with Crippen LogP contribution in [0.25, 0.3) is 0 Å². The third kappa shape index (κ3) is 2.71. The average molecular weight is 258 g/mol. The molecule has 3 heteroatoms. The number of hydrogen-bond donors (Lipinski definition) is 0. The highest BCUT2D eigenvalue weighted by Crippen LogP contribution is 2.36. The highest BCUT2D eigenvalue weighted by molar-refractivity contribution is 5.90. The van der Waals surface area contributed by atoms with Gasteiger partial charge in [-0.15, -0.1) is 0 Å². The normalized spacial score (nSPS) is 22.2. The first kappa shape index (κ1) is 12.4. The van der Waals surface area contributed by atoms with Crippen LogP contribution in [0.5, 0.6) is 0 Å². The van der Waals surface area contributed by atoms with Crippen LogP contribution in [0, 0.1) is 5.92 Å². The van der Waals surface area contributed by atoms with Gasteiger partial charge in [-0.2, -0.15) is 0 Å². The summed E-state index contributed by atoms with van der Waals surface area (Å²) < 4.78 is 10.9. The molecule has 0 radical (unpaired) electrons. The number of carbonyl (C=O) groups is 1. The van der Waals surface area contributed by atoms with Gasteiger partial charge in [0.25, 0.3) is 0 Å². The molecule has 0 spiro atoms. The molecule has 1 aliphatic heterocycles. The molecule has 100 valence electrons. The molecule has 0 aromatic heterocycles. The molecule has 1 aromatic carbocycles. The van der Waals surface area contributed by atoms with E-state index in [0.29, 0.717) is 19.1 Å². The lowest BCUT2D eigenvalue weighted by Gasteiger charge is -2.22. The Balaban J connectivity index is 1.67. The SMILES string of the molecule is O=C(OCc1ccccc1)C1=C2CCCC2COC1. The first-order valence-electron chi connectivity index (χ1n) is 6.85. The average Bonchev–Trinajstić information content (AvgIpc) is 2.94. The number of rotatable bonds is 3. The van der Waals surface area contributed by atoms with Gasteiger partial charge in [0, 0.05) is 5.92 Å². The third-order valence-corrected chi connectivity index (χ3v) is 3.90. The molecule has 1 fully saturated rings. The molecular formula is C16H18O3. The predicted molar refractivity (Wildman–Crippen MR) is 71.4 cm³/mol. The molecule has 1 unspecified atom stereocenters. The third-order valence-electron chi connectivity index (χ3n) is 3.90. The van der Waals surface area contributed by atoms with Gasteiger partial charge in [0.05, 0.1) is 18.8 Å². The highest BCUT2D eigenvalue weighted by atomic mass is 16.5. The van der Waals surface area contributed by atoms with Gasteiger partial charge in [0.2, 0.25) is 0 Å².